The van der Waals surface area contributed by atoms with Gasteiger partial charge in [0, 0.05) is 17.4 Å². The zero-order valence-electron chi connectivity index (χ0n) is 18.6. The molecule has 0 unspecified atom stereocenters. The molecule has 2 aromatic rings. The molecule has 1 aliphatic rings. The summed E-state index contributed by atoms with van der Waals surface area (Å²) < 4.78 is 4.85. The number of quaternary nitrogens is 2. The predicted molar refractivity (Wildman–Crippen MR) is 120 cm³/mol. The fourth-order valence-electron chi connectivity index (χ4n) is 4.35. The molecule has 1 aromatic heterocycles. The van der Waals surface area contributed by atoms with Crippen molar-refractivity contribution in [3.05, 3.63) is 51.4 Å². The quantitative estimate of drug-likeness (QED) is 0.598. The van der Waals surface area contributed by atoms with Gasteiger partial charge in [-0.05, 0) is 38.5 Å². The number of anilines is 1. The molecule has 1 atom stereocenters. The first-order valence-corrected chi connectivity index (χ1v) is 11.4. The predicted octanol–water partition coefficient (Wildman–Crippen LogP) is 1.00. The smallest absolute Gasteiger partial charge is 0.337 e. The van der Waals surface area contributed by atoms with Gasteiger partial charge in [0.15, 0.2) is 0 Å². The van der Waals surface area contributed by atoms with Crippen LogP contribution >= 0.6 is 11.3 Å². The Bertz CT molecular complexity index is 899. The van der Waals surface area contributed by atoms with E-state index in [1.165, 1.54) is 28.0 Å². The van der Waals surface area contributed by atoms with E-state index in [1.807, 2.05) is 24.3 Å². The van der Waals surface area contributed by atoms with Gasteiger partial charge in [-0.15, -0.1) is 11.3 Å². The van der Waals surface area contributed by atoms with E-state index in [-0.39, 0.29) is 17.9 Å². The Kier molecular flexibility index (Phi) is 7.28. The molecular weight excluding hydrogens is 398 g/mol. The molecule has 0 spiro atoms. The third-order valence-corrected chi connectivity index (χ3v) is 7.32. The van der Waals surface area contributed by atoms with Crippen LogP contribution in [0.25, 0.3) is 0 Å². The summed E-state index contributed by atoms with van der Waals surface area (Å²) in [6, 6.07) is 7.86. The van der Waals surface area contributed by atoms with E-state index < -0.39 is 0 Å². The molecule has 3 rings (SSSR count). The third-order valence-electron chi connectivity index (χ3n) is 6.18. The molecule has 0 radical (unpaired) electrons. The fourth-order valence-corrected chi connectivity index (χ4v) is 5.49. The van der Waals surface area contributed by atoms with Crippen molar-refractivity contribution in [2.45, 2.75) is 33.7 Å². The van der Waals surface area contributed by atoms with Crippen LogP contribution in [-0.2, 0) is 9.53 Å². The Hall–Kier alpha value is -2.22. The maximum absolute atomic E-state index is 11.9. The number of methoxy groups -OCH3 is 1. The Balaban J connectivity index is 2.05. The molecule has 30 heavy (non-hydrogen) atoms. The number of thiophene rings is 1. The fraction of sp³-hybridized carbons (Fsp3) is 0.478. The van der Waals surface area contributed by atoms with E-state index in [9.17, 15) is 9.59 Å². The summed E-state index contributed by atoms with van der Waals surface area (Å²) in [6.07, 6.45) is 0. The molecule has 1 saturated heterocycles. The Morgan fingerprint density at radius 1 is 1.13 bits per heavy atom. The van der Waals surface area contributed by atoms with Crippen LogP contribution in [0, 0.1) is 13.8 Å². The number of rotatable bonds is 6. The summed E-state index contributed by atoms with van der Waals surface area (Å²) >= 11 is 1.65. The molecule has 0 saturated carbocycles. The number of hydrogen-bond donors (Lipinski definition) is 3. The monoisotopic (exact) mass is 431 g/mol. The highest BCUT2D eigenvalue weighted by atomic mass is 32.1. The van der Waals surface area contributed by atoms with Gasteiger partial charge >= 0.3 is 5.97 Å². The van der Waals surface area contributed by atoms with Gasteiger partial charge in [0.05, 0.1) is 24.8 Å². The van der Waals surface area contributed by atoms with Gasteiger partial charge in [0.25, 0.3) is 0 Å². The number of piperazine rings is 1. The lowest BCUT2D eigenvalue weighted by Crippen LogP contribution is -3.28. The van der Waals surface area contributed by atoms with Crippen LogP contribution in [0.2, 0.25) is 0 Å². The van der Waals surface area contributed by atoms with Gasteiger partial charge in [0.2, 0.25) is 5.91 Å². The van der Waals surface area contributed by atoms with Crippen LogP contribution in [0.3, 0.4) is 0 Å². The second kappa shape index (κ2) is 9.73. The van der Waals surface area contributed by atoms with Crippen molar-refractivity contribution in [3.63, 3.8) is 0 Å². The van der Waals surface area contributed by atoms with Crippen LogP contribution in [0.4, 0.5) is 5.00 Å². The molecule has 1 aliphatic heterocycles. The number of aryl methyl sites for hydroxylation is 1. The van der Waals surface area contributed by atoms with Crippen molar-refractivity contribution in [2.75, 3.05) is 45.2 Å². The third kappa shape index (κ3) is 4.74. The maximum atomic E-state index is 11.9. The minimum Gasteiger partial charge on any atom is -0.465 e. The summed E-state index contributed by atoms with van der Waals surface area (Å²) in [5.41, 5.74) is 4.15. The second-order valence-electron chi connectivity index (χ2n) is 8.02. The van der Waals surface area contributed by atoms with Gasteiger partial charge in [-0.3, -0.25) is 4.79 Å². The highest BCUT2D eigenvalue weighted by Crippen LogP contribution is 2.38. The van der Waals surface area contributed by atoms with Crippen molar-refractivity contribution in [1.29, 1.82) is 0 Å². The number of esters is 1. The lowest BCUT2D eigenvalue weighted by molar-refractivity contribution is -1.02. The number of ether oxygens (including phenoxy) is 1. The molecule has 6 nitrogen and oxygen atoms in total. The summed E-state index contributed by atoms with van der Waals surface area (Å²) in [4.78, 5) is 28.1. The second-order valence-corrected chi connectivity index (χ2v) is 9.24. The normalized spacial score (nSPS) is 19.9. The van der Waals surface area contributed by atoms with Crippen molar-refractivity contribution >= 4 is 28.2 Å². The SMILES string of the molecule is CC[NH+]1CC[NH+]([C@H](c2ccc(C(=O)OC)cc2)c2c(NC(C)=O)sc(C)c2C)CC1. The topological polar surface area (TPSA) is 64.3 Å². The number of amides is 1. The molecule has 0 aliphatic carbocycles. The summed E-state index contributed by atoms with van der Waals surface area (Å²) in [7, 11) is 1.40. The first-order valence-electron chi connectivity index (χ1n) is 10.6. The lowest BCUT2D eigenvalue weighted by Gasteiger charge is -2.35. The average molecular weight is 432 g/mol. The number of hydrogen-bond acceptors (Lipinski definition) is 4. The van der Waals surface area contributed by atoms with Gasteiger partial charge < -0.3 is 19.9 Å². The van der Waals surface area contributed by atoms with Crippen molar-refractivity contribution in [3.8, 4) is 0 Å². The van der Waals surface area contributed by atoms with Gasteiger partial charge in [-0.1, -0.05) is 12.1 Å². The summed E-state index contributed by atoms with van der Waals surface area (Å²) in [5, 5.41) is 4.01. The Morgan fingerprint density at radius 3 is 2.30 bits per heavy atom. The molecular formula is C23H33N3O3S+2. The van der Waals surface area contributed by atoms with Crippen LogP contribution in [0.1, 0.15) is 51.8 Å². The molecule has 7 heteroatoms. The highest BCUT2D eigenvalue weighted by molar-refractivity contribution is 7.16. The van der Waals surface area contributed by atoms with E-state index >= 15 is 0 Å². The Labute approximate surface area is 182 Å². The number of nitrogens with one attached hydrogen (secondary N) is 3. The van der Waals surface area contributed by atoms with Crippen LogP contribution < -0.4 is 15.1 Å². The molecule has 2 heterocycles. The van der Waals surface area contributed by atoms with Crippen LogP contribution in [0.5, 0.6) is 0 Å². The van der Waals surface area contributed by atoms with Crippen LogP contribution in [0.15, 0.2) is 24.3 Å². The molecule has 1 fully saturated rings. The molecule has 0 bridgehead atoms. The largest absolute Gasteiger partial charge is 0.465 e. The Morgan fingerprint density at radius 2 is 1.77 bits per heavy atom. The summed E-state index contributed by atoms with van der Waals surface area (Å²) in [6.45, 7) is 13.6. The molecule has 1 aromatic carbocycles. The van der Waals surface area contributed by atoms with E-state index in [2.05, 4.69) is 26.1 Å². The average Bonchev–Trinajstić information content (AvgIpc) is 3.01. The number of likely N-dealkylation sites (N-methyl/N-ethyl adjacent to an activating group) is 1. The van der Waals surface area contributed by atoms with Crippen molar-refractivity contribution in [1.82, 2.24) is 0 Å². The molecule has 1 amide bonds. The number of benzene rings is 1. The zero-order chi connectivity index (χ0) is 21.8. The molecule has 3 N–H and O–H groups in total. The van der Waals surface area contributed by atoms with Crippen molar-refractivity contribution < 1.29 is 24.1 Å². The first kappa shape index (κ1) is 22.5. The standard InChI is InChI=1S/C23H31N3O3S/c1-6-25-11-13-26(14-12-25)21(18-7-9-19(10-8-18)23(28)29-5)20-15(2)16(3)30-22(20)24-17(4)27/h7-10,21H,6,11-14H2,1-5H3,(H,24,27)/p+2/t21-/m1/s1. The minimum absolute atomic E-state index is 0.0486. The van der Waals surface area contributed by atoms with Gasteiger partial charge in [-0.25, -0.2) is 4.79 Å². The van der Waals surface area contributed by atoms with E-state index in [0.29, 0.717) is 5.56 Å². The number of carbonyl (C=O) groups excluding carboxylic acids is 2. The lowest BCUT2D eigenvalue weighted by atomic mass is 9.93. The molecule has 162 valence electrons. The van der Waals surface area contributed by atoms with E-state index in [1.54, 1.807) is 23.2 Å². The number of carbonyl (C=O) groups is 2. The highest BCUT2D eigenvalue weighted by Gasteiger charge is 2.35. The van der Waals surface area contributed by atoms with Crippen molar-refractivity contribution in [2.24, 2.45) is 0 Å². The van der Waals surface area contributed by atoms with E-state index in [4.69, 9.17) is 4.74 Å². The maximum Gasteiger partial charge on any atom is 0.337 e. The van der Waals surface area contributed by atoms with Gasteiger partial charge in [0.1, 0.15) is 37.2 Å². The first-order chi connectivity index (χ1) is 14.3. The zero-order valence-corrected chi connectivity index (χ0v) is 19.4. The van der Waals surface area contributed by atoms with E-state index in [0.717, 1.165) is 43.3 Å². The van der Waals surface area contributed by atoms with Crippen LogP contribution in [-0.4, -0.2) is 51.7 Å². The summed E-state index contributed by atoms with van der Waals surface area (Å²) in [5.74, 6) is -0.375. The van der Waals surface area contributed by atoms with Gasteiger partial charge in [-0.2, -0.15) is 0 Å². The minimum atomic E-state index is -0.327.